The van der Waals surface area contributed by atoms with Gasteiger partial charge in [-0.2, -0.15) is 5.26 Å². The first-order valence-corrected chi connectivity index (χ1v) is 8.40. The molecule has 0 heterocycles. The van der Waals surface area contributed by atoms with Crippen molar-refractivity contribution in [3.05, 3.63) is 47.5 Å². The van der Waals surface area contributed by atoms with Crippen LogP contribution in [0, 0.1) is 17.2 Å². The van der Waals surface area contributed by atoms with Crippen molar-refractivity contribution in [1.29, 1.82) is 5.26 Å². The summed E-state index contributed by atoms with van der Waals surface area (Å²) >= 11 is 0. The lowest BCUT2D eigenvalue weighted by Crippen LogP contribution is -2.32. The summed E-state index contributed by atoms with van der Waals surface area (Å²) in [5.74, 6) is 0.585. The molecule has 0 atom stereocenters. The van der Waals surface area contributed by atoms with Gasteiger partial charge in [0.05, 0.1) is 12.5 Å². The van der Waals surface area contributed by atoms with Crippen molar-refractivity contribution in [2.45, 2.75) is 46.5 Å². The van der Waals surface area contributed by atoms with Crippen molar-refractivity contribution in [3.8, 4) is 6.07 Å². The second kappa shape index (κ2) is 10.6. The van der Waals surface area contributed by atoms with Gasteiger partial charge >= 0.3 is 0 Å². The van der Waals surface area contributed by atoms with Crippen LogP contribution in [0.1, 0.15) is 45.6 Å². The molecule has 0 fully saturated rings. The highest BCUT2D eigenvalue weighted by Gasteiger charge is 2.11. The highest BCUT2D eigenvalue weighted by molar-refractivity contribution is 5.88. The molecule has 0 saturated carbocycles. The molecule has 1 rings (SSSR count). The standard InChI is InChI=1S/C20H28N2O/c1-17(2)12-15-22(14-7-13-21)20(23)16-18(3)10-11-19-8-5-4-6-9-19/h4-6,8-9,16-17H,7,10-12,14-15H2,1-3H3. The van der Waals surface area contributed by atoms with E-state index in [2.05, 4.69) is 32.0 Å². The Kier molecular flexibility index (Phi) is 8.75. The SMILES string of the molecule is CC(=CC(=O)N(CCC#N)CCC(C)C)CCc1ccccc1. The van der Waals surface area contributed by atoms with Crippen molar-refractivity contribution < 1.29 is 4.79 Å². The number of carbonyl (C=O) groups excluding carboxylic acids is 1. The molecule has 1 amide bonds. The fourth-order valence-corrected chi connectivity index (χ4v) is 2.29. The minimum atomic E-state index is 0.0338. The van der Waals surface area contributed by atoms with Crippen molar-refractivity contribution in [2.75, 3.05) is 13.1 Å². The third-order valence-corrected chi connectivity index (χ3v) is 3.80. The van der Waals surface area contributed by atoms with E-state index in [1.165, 1.54) is 5.56 Å². The second-order valence-electron chi connectivity index (χ2n) is 6.39. The fraction of sp³-hybridized carbons (Fsp3) is 0.500. The second-order valence-corrected chi connectivity index (χ2v) is 6.39. The summed E-state index contributed by atoms with van der Waals surface area (Å²) in [4.78, 5) is 14.2. The van der Waals surface area contributed by atoms with E-state index in [1.807, 2.05) is 25.1 Å². The fourth-order valence-electron chi connectivity index (χ4n) is 2.29. The van der Waals surface area contributed by atoms with Crippen LogP contribution in [0.15, 0.2) is 42.0 Å². The lowest BCUT2D eigenvalue weighted by Gasteiger charge is -2.21. The Labute approximate surface area is 140 Å². The van der Waals surface area contributed by atoms with Crippen LogP contribution < -0.4 is 0 Å². The van der Waals surface area contributed by atoms with Crippen molar-refractivity contribution in [3.63, 3.8) is 0 Å². The smallest absolute Gasteiger partial charge is 0.246 e. The molecule has 0 saturated heterocycles. The number of allylic oxidation sites excluding steroid dienone is 1. The van der Waals surface area contributed by atoms with Gasteiger partial charge in [-0.15, -0.1) is 0 Å². The summed E-state index contributed by atoms with van der Waals surface area (Å²) in [6.07, 6.45) is 4.92. The minimum Gasteiger partial charge on any atom is -0.338 e. The Hall–Kier alpha value is -2.08. The summed E-state index contributed by atoms with van der Waals surface area (Å²) in [6, 6.07) is 12.4. The maximum Gasteiger partial charge on any atom is 0.246 e. The van der Waals surface area contributed by atoms with Crippen LogP contribution in [0.25, 0.3) is 0 Å². The van der Waals surface area contributed by atoms with E-state index in [-0.39, 0.29) is 5.91 Å². The molecular weight excluding hydrogens is 284 g/mol. The number of aryl methyl sites for hydroxylation is 1. The highest BCUT2D eigenvalue weighted by Crippen LogP contribution is 2.10. The Morgan fingerprint density at radius 3 is 2.57 bits per heavy atom. The van der Waals surface area contributed by atoms with Crippen molar-refractivity contribution >= 4 is 5.91 Å². The Morgan fingerprint density at radius 2 is 1.96 bits per heavy atom. The third-order valence-electron chi connectivity index (χ3n) is 3.80. The molecule has 0 aliphatic rings. The third kappa shape index (κ3) is 8.21. The van der Waals surface area contributed by atoms with Crippen LogP contribution in [0.2, 0.25) is 0 Å². The van der Waals surface area contributed by atoms with Gasteiger partial charge in [-0.1, -0.05) is 49.8 Å². The van der Waals surface area contributed by atoms with Crippen LogP contribution in [-0.2, 0) is 11.2 Å². The zero-order valence-corrected chi connectivity index (χ0v) is 14.6. The molecule has 0 bridgehead atoms. The lowest BCUT2D eigenvalue weighted by molar-refractivity contribution is -0.126. The zero-order valence-electron chi connectivity index (χ0n) is 14.6. The number of amides is 1. The van der Waals surface area contributed by atoms with Crippen molar-refractivity contribution in [2.24, 2.45) is 5.92 Å². The van der Waals surface area contributed by atoms with Gasteiger partial charge in [0.25, 0.3) is 0 Å². The molecule has 23 heavy (non-hydrogen) atoms. The molecule has 0 aromatic heterocycles. The van der Waals surface area contributed by atoms with Gasteiger partial charge in [-0.25, -0.2) is 0 Å². The molecule has 0 aliphatic heterocycles. The van der Waals surface area contributed by atoms with E-state index >= 15 is 0 Å². The van der Waals surface area contributed by atoms with Crippen LogP contribution in [0.4, 0.5) is 0 Å². The van der Waals surface area contributed by atoms with E-state index in [4.69, 9.17) is 5.26 Å². The van der Waals surface area contributed by atoms with Gasteiger partial charge in [0, 0.05) is 19.2 Å². The number of rotatable bonds is 9. The molecule has 0 unspecified atom stereocenters. The average molecular weight is 312 g/mol. The first-order valence-electron chi connectivity index (χ1n) is 8.40. The number of benzene rings is 1. The molecular formula is C20H28N2O. The molecule has 3 nitrogen and oxygen atoms in total. The molecule has 3 heteroatoms. The van der Waals surface area contributed by atoms with Gasteiger partial charge in [-0.3, -0.25) is 4.79 Å². The number of hydrogen-bond donors (Lipinski definition) is 0. The van der Waals surface area contributed by atoms with Crippen LogP contribution in [0.5, 0.6) is 0 Å². The van der Waals surface area contributed by atoms with E-state index in [0.717, 1.165) is 31.4 Å². The maximum atomic E-state index is 12.4. The minimum absolute atomic E-state index is 0.0338. The molecule has 124 valence electrons. The number of carbonyl (C=O) groups is 1. The molecule has 1 aromatic rings. The number of nitriles is 1. The van der Waals surface area contributed by atoms with E-state index in [0.29, 0.717) is 18.9 Å². The lowest BCUT2D eigenvalue weighted by atomic mass is 10.1. The average Bonchev–Trinajstić information content (AvgIpc) is 2.53. The number of nitrogens with zero attached hydrogens (tertiary/aromatic N) is 2. The largest absolute Gasteiger partial charge is 0.338 e. The first kappa shape index (κ1) is 19.0. The molecule has 1 aromatic carbocycles. The van der Waals surface area contributed by atoms with Gasteiger partial charge < -0.3 is 4.90 Å². The Morgan fingerprint density at radius 1 is 1.26 bits per heavy atom. The van der Waals surface area contributed by atoms with Gasteiger partial charge in [-0.05, 0) is 37.7 Å². The molecule has 0 N–H and O–H groups in total. The summed E-state index contributed by atoms with van der Waals surface area (Å²) < 4.78 is 0. The number of hydrogen-bond acceptors (Lipinski definition) is 2. The van der Waals surface area contributed by atoms with E-state index < -0.39 is 0 Å². The van der Waals surface area contributed by atoms with E-state index in [1.54, 1.807) is 11.0 Å². The summed E-state index contributed by atoms with van der Waals surface area (Å²) in [6.45, 7) is 7.54. The monoisotopic (exact) mass is 312 g/mol. The predicted molar refractivity (Wildman–Crippen MR) is 94.8 cm³/mol. The van der Waals surface area contributed by atoms with E-state index in [9.17, 15) is 4.79 Å². The summed E-state index contributed by atoms with van der Waals surface area (Å²) in [5.41, 5.74) is 2.37. The van der Waals surface area contributed by atoms with Crippen molar-refractivity contribution in [1.82, 2.24) is 4.90 Å². The first-order chi connectivity index (χ1) is 11.0. The Balaban J connectivity index is 2.57. The normalized spacial score (nSPS) is 11.3. The zero-order chi connectivity index (χ0) is 17.1. The summed E-state index contributed by atoms with van der Waals surface area (Å²) in [7, 11) is 0. The van der Waals surface area contributed by atoms with Crippen LogP contribution in [0.3, 0.4) is 0 Å². The topological polar surface area (TPSA) is 44.1 Å². The maximum absolute atomic E-state index is 12.4. The molecule has 0 aliphatic carbocycles. The van der Waals surface area contributed by atoms with Crippen LogP contribution >= 0.6 is 0 Å². The highest BCUT2D eigenvalue weighted by atomic mass is 16.2. The molecule has 0 spiro atoms. The Bertz CT molecular complexity index is 541. The van der Waals surface area contributed by atoms with Gasteiger partial charge in [0.15, 0.2) is 0 Å². The quantitative estimate of drug-likeness (QED) is 0.636. The van der Waals surface area contributed by atoms with Gasteiger partial charge in [0.2, 0.25) is 5.91 Å². The molecule has 0 radical (unpaired) electrons. The predicted octanol–water partition coefficient (Wildman–Crippen LogP) is 4.35. The van der Waals surface area contributed by atoms with Crippen LogP contribution in [-0.4, -0.2) is 23.9 Å². The summed E-state index contributed by atoms with van der Waals surface area (Å²) in [5, 5.41) is 8.76. The van der Waals surface area contributed by atoms with Gasteiger partial charge in [0.1, 0.15) is 0 Å².